The second-order valence-electron chi connectivity index (χ2n) is 8.74. The van der Waals surface area contributed by atoms with Gasteiger partial charge in [-0.15, -0.1) is 30.0 Å². The number of benzene rings is 2. The summed E-state index contributed by atoms with van der Waals surface area (Å²) in [4.78, 5) is 2.92. The summed E-state index contributed by atoms with van der Waals surface area (Å²) in [6.45, 7) is 2.04. The van der Waals surface area contributed by atoms with Crippen LogP contribution in [0.2, 0.25) is 0 Å². The molecule has 1 unspecified atom stereocenters. The van der Waals surface area contributed by atoms with Crippen molar-refractivity contribution in [1.82, 2.24) is 34.0 Å². The lowest BCUT2D eigenvalue weighted by molar-refractivity contribution is 0.421. The summed E-state index contributed by atoms with van der Waals surface area (Å²) in [6.07, 6.45) is 7.95. The number of aromatic nitrogens is 7. The van der Waals surface area contributed by atoms with Gasteiger partial charge in [-0.3, -0.25) is 3.97 Å². The van der Waals surface area contributed by atoms with Crippen molar-refractivity contribution in [2.75, 3.05) is 0 Å². The first-order valence-corrected chi connectivity index (χ1v) is 15.6. The number of aliphatic hydroxyl groups is 1. The first kappa shape index (κ1) is 24.5. The van der Waals surface area contributed by atoms with E-state index < -0.39 is 0 Å². The molecule has 0 saturated carbocycles. The number of halogens is 2. The largest absolute Gasteiger partial charge is 0.505 e. The van der Waals surface area contributed by atoms with E-state index in [9.17, 15) is 10.2 Å². The molecule has 37 heavy (non-hydrogen) atoms. The van der Waals surface area contributed by atoms with Crippen molar-refractivity contribution in [2.45, 2.75) is 16.8 Å². The summed E-state index contributed by atoms with van der Waals surface area (Å²) >= 11 is 4.47. The number of allylic oxidation sites excluding steroid dienone is 5. The number of rotatable bonds is 5. The number of hydrogen-bond donors (Lipinski definition) is 2. The van der Waals surface area contributed by atoms with Crippen molar-refractivity contribution < 1.29 is 10.2 Å². The Hall–Kier alpha value is -2.85. The predicted molar refractivity (Wildman–Crippen MR) is 162 cm³/mol. The summed E-state index contributed by atoms with van der Waals surface area (Å²) in [5, 5.41) is 41.0. The third-order valence-corrected chi connectivity index (χ3v) is 8.38. The van der Waals surface area contributed by atoms with E-state index in [1.807, 2.05) is 83.9 Å². The molecule has 0 spiro atoms. The van der Waals surface area contributed by atoms with Crippen LogP contribution in [0.25, 0.3) is 33.6 Å². The average molecular weight is 735 g/mol. The number of nitrogens with zero attached hydrogens (tertiary/aromatic N) is 7. The predicted octanol–water partition coefficient (Wildman–Crippen LogP) is 6.18. The zero-order chi connectivity index (χ0) is 25.7. The van der Waals surface area contributed by atoms with Gasteiger partial charge in [-0.05, 0) is 37.3 Å². The summed E-state index contributed by atoms with van der Waals surface area (Å²) in [5.74, 6) is 0.543. The van der Waals surface area contributed by atoms with Gasteiger partial charge in [0.1, 0.15) is 33.5 Å². The van der Waals surface area contributed by atoms with Gasteiger partial charge < -0.3 is 10.2 Å². The van der Waals surface area contributed by atoms with Crippen LogP contribution in [-0.4, -0.2) is 47.6 Å². The lowest BCUT2D eigenvalue weighted by Crippen LogP contribution is -2.12. The fourth-order valence-electron chi connectivity index (χ4n) is 4.19. The Morgan fingerprint density at radius 3 is 1.97 bits per heavy atom. The smallest absolute Gasteiger partial charge is 0.208 e. The lowest BCUT2D eigenvalue weighted by Gasteiger charge is -2.13. The normalized spacial score (nSPS) is 18.1. The van der Waals surface area contributed by atoms with Gasteiger partial charge in [-0.2, -0.15) is 0 Å². The van der Waals surface area contributed by atoms with Gasteiger partial charge >= 0.3 is 0 Å². The molecule has 0 aliphatic heterocycles. The maximum atomic E-state index is 11.4. The van der Waals surface area contributed by atoms with E-state index in [1.165, 1.54) is 18.7 Å². The number of alkyl halides is 1. The number of hydrogen-bond acceptors (Lipinski definition) is 7. The highest BCUT2D eigenvalue weighted by molar-refractivity contribution is 14.2. The molecule has 0 bridgehead atoms. The molecule has 5 aromatic rings. The zero-order valence-corrected chi connectivity index (χ0v) is 24.5. The fraction of sp³-hybridized carbons (Fsp3) is 0.120. The van der Waals surface area contributed by atoms with Gasteiger partial charge in [0.15, 0.2) is 5.75 Å². The molecule has 1 aliphatic rings. The molecular weight excluding hydrogens is 716 g/mol. The molecule has 12 heteroatoms. The van der Waals surface area contributed by atoms with E-state index in [0.29, 0.717) is 22.7 Å². The monoisotopic (exact) mass is 735 g/mol. The van der Waals surface area contributed by atoms with Gasteiger partial charge in [0, 0.05) is 54.1 Å². The molecule has 0 fully saturated rings. The van der Waals surface area contributed by atoms with Crippen molar-refractivity contribution in [3.8, 4) is 11.6 Å². The van der Waals surface area contributed by atoms with Gasteiger partial charge in [0.2, 0.25) is 5.82 Å². The standard InChI is InChI=1S/C25H19I2N7O2S/c1-25(26)11-10-15(22(35)21(13-25)33-28-17-6-2-3-7-18(17)29-33)12-16-14-32(37-27)24(23(16)36)34-30-19-8-4-5-9-20(19)31-34/h2-11,13-14,35-36H,12H2,1H3. The van der Waals surface area contributed by atoms with Crippen LogP contribution in [0.15, 0.2) is 84.3 Å². The molecule has 6 rings (SSSR count). The fourth-order valence-corrected chi connectivity index (χ4v) is 5.96. The quantitative estimate of drug-likeness (QED) is 0.164. The minimum absolute atomic E-state index is 0.0492. The first-order chi connectivity index (χ1) is 17.8. The van der Waals surface area contributed by atoms with Gasteiger partial charge in [0.25, 0.3) is 0 Å². The molecule has 0 saturated heterocycles. The molecule has 2 N–H and O–H groups in total. The Balaban J connectivity index is 1.43. The van der Waals surface area contributed by atoms with E-state index in [2.05, 4.69) is 64.2 Å². The maximum Gasteiger partial charge on any atom is 0.208 e. The zero-order valence-electron chi connectivity index (χ0n) is 19.3. The summed E-state index contributed by atoms with van der Waals surface area (Å²) < 4.78 is 1.42. The molecule has 0 radical (unpaired) electrons. The molecule has 9 nitrogen and oxygen atoms in total. The Labute approximate surface area is 241 Å². The molecule has 186 valence electrons. The van der Waals surface area contributed by atoms with Crippen LogP contribution < -0.4 is 0 Å². The molecule has 3 aromatic heterocycles. The maximum absolute atomic E-state index is 11.4. The Morgan fingerprint density at radius 1 is 0.892 bits per heavy atom. The van der Waals surface area contributed by atoms with Gasteiger partial charge in [0.05, 0.1) is 3.42 Å². The third kappa shape index (κ3) is 4.54. The minimum Gasteiger partial charge on any atom is -0.505 e. The molecule has 0 amide bonds. The van der Waals surface area contributed by atoms with Crippen molar-refractivity contribution >= 4 is 80.7 Å². The van der Waals surface area contributed by atoms with Crippen molar-refractivity contribution in [2.24, 2.45) is 0 Å². The minimum atomic E-state index is -0.390. The van der Waals surface area contributed by atoms with E-state index >= 15 is 0 Å². The highest BCUT2D eigenvalue weighted by atomic mass is 127. The first-order valence-electron chi connectivity index (χ1n) is 11.2. The summed E-state index contributed by atoms with van der Waals surface area (Å²) in [6, 6.07) is 15.1. The summed E-state index contributed by atoms with van der Waals surface area (Å²) in [5.41, 5.74) is 4.68. The Bertz CT molecular complexity index is 1700. The summed E-state index contributed by atoms with van der Waals surface area (Å²) in [7, 11) is 1.39. The van der Waals surface area contributed by atoms with Crippen LogP contribution >= 0.6 is 52.9 Å². The second-order valence-corrected chi connectivity index (χ2v) is 12.8. The second kappa shape index (κ2) is 9.47. The molecule has 3 heterocycles. The van der Waals surface area contributed by atoms with Crippen molar-refractivity contribution in [1.29, 1.82) is 0 Å². The van der Waals surface area contributed by atoms with E-state index in [-0.39, 0.29) is 21.4 Å². The molecular formula is C25H19I2N7O2S. The van der Waals surface area contributed by atoms with Crippen LogP contribution in [0, 0.1) is 0 Å². The number of aromatic hydroxyl groups is 1. The van der Waals surface area contributed by atoms with E-state index in [0.717, 1.165) is 22.1 Å². The van der Waals surface area contributed by atoms with Crippen molar-refractivity contribution in [3.05, 3.63) is 89.9 Å². The molecule has 1 atom stereocenters. The van der Waals surface area contributed by atoms with Crippen LogP contribution in [-0.2, 0) is 6.42 Å². The van der Waals surface area contributed by atoms with Crippen molar-refractivity contribution in [3.63, 3.8) is 0 Å². The topological polar surface area (TPSA) is 107 Å². The molecule has 2 aromatic carbocycles. The van der Waals surface area contributed by atoms with Crippen LogP contribution in [0.4, 0.5) is 0 Å². The lowest BCUT2D eigenvalue weighted by atomic mass is 10.0. The van der Waals surface area contributed by atoms with Gasteiger partial charge in [-0.1, -0.05) is 59.0 Å². The number of aliphatic hydroxyl groups excluding tert-OH is 1. The van der Waals surface area contributed by atoms with E-state index in [1.54, 1.807) is 0 Å². The molecule has 1 aliphatic carbocycles. The van der Waals surface area contributed by atoms with Crippen LogP contribution in [0.1, 0.15) is 12.5 Å². The highest BCUT2D eigenvalue weighted by Gasteiger charge is 2.26. The Kier molecular flexibility index (Phi) is 6.27. The number of fused-ring (bicyclic) bond motifs is 2. The van der Waals surface area contributed by atoms with Crippen LogP contribution in [0.3, 0.4) is 0 Å². The average Bonchev–Trinajstić information content (AvgIpc) is 3.57. The van der Waals surface area contributed by atoms with Gasteiger partial charge in [-0.25, -0.2) is 0 Å². The van der Waals surface area contributed by atoms with E-state index in [4.69, 9.17) is 0 Å². The van der Waals surface area contributed by atoms with Crippen LogP contribution in [0.5, 0.6) is 5.75 Å². The SMILES string of the molecule is CC1(I)C=CC(Cc2cn(SI)c(-n3nc4ccccc4n3)c2O)=C(O)C(n2nc3ccccc3n2)=C1. The highest BCUT2D eigenvalue weighted by Crippen LogP contribution is 2.38. The Morgan fingerprint density at radius 2 is 1.43 bits per heavy atom. The third-order valence-electron chi connectivity index (χ3n) is 6.01.